The van der Waals surface area contributed by atoms with Gasteiger partial charge < -0.3 is 30.3 Å². The van der Waals surface area contributed by atoms with Crippen molar-refractivity contribution >= 4 is 17.6 Å². The number of hydrogen-bond acceptors (Lipinski definition) is 6. The summed E-state index contributed by atoms with van der Waals surface area (Å²) in [5, 5.41) is 2.88. The monoisotopic (exact) mass is 541 g/mol. The van der Waals surface area contributed by atoms with E-state index in [0.29, 0.717) is 57.1 Å². The smallest absolute Gasteiger partial charge is 0.433 e. The minimum absolute atomic E-state index is 0.0301. The van der Waals surface area contributed by atoms with Gasteiger partial charge in [0.25, 0.3) is 0 Å². The lowest BCUT2D eigenvalue weighted by molar-refractivity contribution is -0.139. The lowest BCUT2D eigenvalue weighted by Gasteiger charge is -2.44. The van der Waals surface area contributed by atoms with Crippen LogP contribution in [0.4, 0.5) is 22.4 Å². The third kappa shape index (κ3) is 6.55. The molecule has 9 nitrogen and oxygen atoms in total. The van der Waals surface area contributed by atoms with Crippen LogP contribution in [0.15, 0.2) is 41.2 Å². The number of likely N-dealkylation sites (tertiary alicyclic amines) is 2. The number of amides is 3. The molecule has 0 bridgehead atoms. The molecule has 3 heterocycles. The number of urea groups is 1. The van der Waals surface area contributed by atoms with E-state index in [9.17, 15) is 27.2 Å². The lowest BCUT2D eigenvalue weighted by atomic mass is 9.87. The fourth-order valence-electron chi connectivity index (χ4n) is 5.14. The minimum Gasteiger partial charge on any atom is -0.471 e. The normalized spacial score (nSPS) is 24.5. The maximum atomic E-state index is 13.5. The summed E-state index contributed by atoms with van der Waals surface area (Å²) in [6.07, 6.45) is -3.30. The quantitative estimate of drug-likeness (QED) is 0.339. The van der Waals surface area contributed by atoms with Gasteiger partial charge in [0.2, 0.25) is 5.91 Å². The first kappa shape index (κ1) is 27.7. The molecule has 0 aromatic heterocycles. The Morgan fingerprint density at radius 3 is 2.47 bits per heavy atom. The number of carbonyl (C=O) groups excluding carboxylic acids is 2. The summed E-state index contributed by atoms with van der Waals surface area (Å²) in [4.78, 5) is 31.5. The fourth-order valence-corrected chi connectivity index (χ4v) is 5.14. The summed E-state index contributed by atoms with van der Waals surface area (Å²) in [6.45, 7) is 1.69. The number of carbonyl (C=O) groups is 2. The Kier molecular flexibility index (Phi) is 8.44. The molecule has 3 amide bonds. The van der Waals surface area contributed by atoms with Crippen LogP contribution in [-0.2, 0) is 14.3 Å². The van der Waals surface area contributed by atoms with Crippen LogP contribution in [-0.4, -0.2) is 85.6 Å². The Morgan fingerprint density at radius 1 is 1.18 bits per heavy atom. The Balaban J connectivity index is 1.42. The van der Waals surface area contributed by atoms with Crippen molar-refractivity contribution < 1.29 is 36.6 Å². The molecule has 3 aliphatic heterocycles. The zero-order valence-electron chi connectivity index (χ0n) is 20.9. The topological polar surface area (TPSA) is 109 Å². The number of fused-ring (bicyclic) bond motifs is 1. The van der Waals surface area contributed by atoms with Crippen molar-refractivity contribution in [1.29, 1.82) is 0 Å². The van der Waals surface area contributed by atoms with Gasteiger partial charge in [0.05, 0.1) is 12.1 Å². The number of hydrogen-bond donors (Lipinski definition) is 2. The second-order valence-electron chi connectivity index (χ2n) is 9.61. The zero-order chi connectivity index (χ0) is 27.4. The molecule has 208 valence electrons. The molecule has 0 saturated carbocycles. The number of nitrogens with zero attached hydrogens (tertiary/aromatic N) is 3. The van der Waals surface area contributed by atoms with Gasteiger partial charge in [-0.05, 0) is 37.0 Å². The molecular formula is C25H31F4N5O4. The van der Waals surface area contributed by atoms with E-state index in [1.54, 1.807) is 9.80 Å². The molecule has 4 rings (SSSR count). The van der Waals surface area contributed by atoms with Crippen molar-refractivity contribution in [3.8, 4) is 0 Å². The SMILES string of the molecule is CN=C(C=C(N)OC(c1ccc(F)cc1)C1CCN(C(=O)N2CC[C@@H]3OCC(=O)NC3C2)CC1)C(F)(F)F. The first-order chi connectivity index (χ1) is 18.0. The Labute approximate surface area is 217 Å². The molecule has 0 radical (unpaired) electrons. The van der Waals surface area contributed by atoms with Crippen LogP contribution in [0.1, 0.15) is 30.9 Å². The third-order valence-corrected chi connectivity index (χ3v) is 7.11. The van der Waals surface area contributed by atoms with Gasteiger partial charge in [-0.25, -0.2) is 9.18 Å². The highest BCUT2D eigenvalue weighted by molar-refractivity contribution is 5.99. The summed E-state index contributed by atoms with van der Waals surface area (Å²) in [5.74, 6) is -1.32. The number of allylic oxidation sites excluding steroid dienone is 1. The Morgan fingerprint density at radius 2 is 1.84 bits per heavy atom. The number of nitrogens with two attached hydrogens (primary N) is 1. The number of nitrogens with one attached hydrogen (secondary N) is 1. The number of benzene rings is 1. The van der Waals surface area contributed by atoms with E-state index in [1.165, 1.54) is 24.3 Å². The van der Waals surface area contributed by atoms with Crippen molar-refractivity contribution in [2.75, 3.05) is 39.8 Å². The van der Waals surface area contributed by atoms with Crippen molar-refractivity contribution in [1.82, 2.24) is 15.1 Å². The van der Waals surface area contributed by atoms with Crippen LogP contribution in [0, 0.1) is 11.7 Å². The Bertz CT molecular complexity index is 1070. The van der Waals surface area contributed by atoms with Gasteiger partial charge in [-0.1, -0.05) is 12.1 Å². The highest BCUT2D eigenvalue weighted by atomic mass is 19.4. The van der Waals surface area contributed by atoms with Gasteiger partial charge in [0, 0.05) is 45.2 Å². The largest absolute Gasteiger partial charge is 0.471 e. The average molecular weight is 542 g/mol. The molecule has 38 heavy (non-hydrogen) atoms. The summed E-state index contributed by atoms with van der Waals surface area (Å²) >= 11 is 0. The van der Waals surface area contributed by atoms with E-state index >= 15 is 0 Å². The van der Waals surface area contributed by atoms with E-state index < -0.39 is 29.7 Å². The predicted molar refractivity (Wildman–Crippen MR) is 129 cm³/mol. The number of ether oxygens (including phenoxy) is 2. The van der Waals surface area contributed by atoms with E-state index in [-0.39, 0.29) is 36.6 Å². The van der Waals surface area contributed by atoms with Crippen molar-refractivity contribution in [3.05, 3.63) is 47.6 Å². The van der Waals surface area contributed by atoms with Gasteiger partial charge in [0.15, 0.2) is 5.88 Å². The Hall–Kier alpha value is -3.35. The predicted octanol–water partition coefficient (Wildman–Crippen LogP) is 2.74. The number of morpholine rings is 1. The van der Waals surface area contributed by atoms with E-state index in [2.05, 4.69) is 10.3 Å². The van der Waals surface area contributed by atoms with Crippen molar-refractivity contribution in [2.24, 2.45) is 16.6 Å². The molecule has 3 N–H and O–H groups in total. The second-order valence-corrected chi connectivity index (χ2v) is 9.61. The molecule has 3 fully saturated rings. The second kappa shape index (κ2) is 11.6. The average Bonchev–Trinajstić information content (AvgIpc) is 2.89. The molecule has 3 atom stereocenters. The van der Waals surface area contributed by atoms with Crippen LogP contribution in [0.25, 0.3) is 0 Å². The molecule has 2 unspecified atom stereocenters. The minimum atomic E-state index is -4.69. The van der Waals surface area contributed by atoms with Gasteiger partial charge in [-0.3, -0.25) is 9.79 Å². The number of halogens is 4. The van der Waals surface area contributed by atoms with Gasteiger partial charge in [-0.2, -0.15) is 13.2 Å². The van der Waals surface area contributed by atoms with Crippen LogP contribution in [0.3, 0.4) is 0 Å². The molecule has 1 aromatic rings. The molecule has 13 heteroatoms. The number of aliphatic imine (C=N–C) groups is 1. The molecular weight excluding hydrogens is 510 g/mol. The maximum absolute atomic E-state index is 13.5. The van der Waals surface area contributed by atoms with E-state index in [4.69, 9.17) is 15.2 Å². The summed E-state index contributed by atoms with van der Waals surface area (Å²) < 4.78 is 64.3. The maximum Gasteiger partial charge on any atom is 0.433 e. The zero-order valence-corrected chi connectivity index (χ0v) is 20.9. The number of rotatable bonds is 5. The first-order valence-corrected chi connectivity index (χ1v) is 12.4. The molecule has 0 aliphatic carbocycles. The molecule has 1 aromatic carbocycles. The first-order valence-electron chi connectivity index (χ1n) is 12.4. The summed E-state index contributed by atoms with van der Waals surface area (Å²) in [5.41, 5.74) is 5.21. The summed E-state index contributed by atoms with van der Waals surface area (Å²) in [6, 6.07) is 5.12. The summed E-state index contributed by atoms with van der Waals surface area (Å²) in [7, 11) is 1.01. The lowest BCUT2D eigenvalue weighted by Crippen LogP contribution is -2.62. The van der Waals surface area contributed by atoms with Gasteiger partial charge in [0.1, 0.15) is 24.2 Å². The van der Waals surface area contributed by atoms with Crippen molar-refractivity contribution in [3.63, 3.8) is 0 Å². The van der Waals surface area contributed by atoms with Crippen LogP contribution in [0.2, 0.25) is 0 Å². The van der Waals surface area contributed by atoms with Crippen LogP contribution >= 0.6 is 0 Å². The number of alkyl halides is 3. The van der Waals surface area contributed by atoms with Crippen molar-refractivity contribution in [2.45, 2.75) is 43.7 Å². The van der Waals surface area contributed by atoms with E-state index in [1.807, 2.05) is 0 Å². The van der Waals surface area contributed by atoms with Gasteiger partial charge in [-0.15, -0.1) is 0 Å². The molecule has 0 spiro atoms. The van der Waals surface area contributed by atoms with E-state index in [0.717, 1.165) is 7.05 Å². The number of piperidine rings is 2. The van der Waals surface area contributed by atoms with Crippen LogP contribution in [0.5, 0.6) is 0 Å². The molecule has 3 saturated heterocycles. The fraction of sp³-hybridized carbons (Fsp3) is 0.560. The van der Waals surface area contributed by atoms with Crippen LogP contribution < -0.4 is 11.1 Å². The van der Waals surface area contributed by atoms with Gasteiger partial charge >= 0.3 is 12.2 Å². The highest BCUT2D eigenvalue weighted by Gasteiger charge is 2.39. The highest BCUT2D eigenvalue weighted by Crippen LogP contribution is 2.35. The third-order valence-electron chi connectivity index (χ3n) is 7.11. The standard InChI is InChI=1S/C25H31F4N5O4/c1-31-20(25(27,28)29)12-21(30)38-23(15-2-4-17(26)5-3-15)16-6-9-33(10-7-16)24(36)34-11-8-19-18(13-34)32-22(35)14-37-19/h2-5,12,16,18-19,23H,6-11,13-14,30H2,1H3,(H,32,35)/t18?,19-,23?/m0/s1. The molecule has 3 aliphatic rings.